The monoisotopic (exact) mass is 366 g/mol. The van der Waals surface area contributed by atoms with Crippen molar-refractivity contribution >= 4 is 33.5 Å². The van der Waals surface area contributed by atoms with E-state index >= 15 is 0 Å². The van der Waals surface area contributed by atoms with Crippen molar-refractivity contribution in [3.8, 4) is 11.1 Å². The van der Waals surface area contributed by atoms with Gasteiger partial charge in [0.25, 0.3) is 0 Å². The first kappa shape index (κ1) is 16.1. The molecule has 0 aliphatic heterocycles. The molecule has 0 N–H and O–H groups in total. The summed E-state index contributed by atoms with van der Waals surface area (Å²) in [7, 11) is 0. The predicted molar refractivity (Wildman–Crippen MR) is 89.4 cm³/mol. The highest BCUT2D eigenvalue weighted by atomic mass is 79.9. The second-order valence-electron chi connectivity index (χ2n) is 4.78. The van der Waals surface area contributed by atoms with E-state index in [0.717, 1.165) is 21.2 Å². The predicted octanol–water partition coefficient (Wildman–Crippen LogP) is 5.13. The standard InChI is InChI=1S/C17H16BrClO2/c1-3-21-16(20)17(2,19)13-10-8-12(9-11-13)14-6-4-5-7-15(14)18/h4-11H,3H2,1-2H3. The fourth-order valence-corrected chi connectivity index (χ4v) is 2.74. The van der Waals surface area contributed by atoms with Gasteiger partial charge in [-0.3, -0.25) is 0 Å². The molecule has 0 aromatic heterocycles. The van der Waals surface area contributed by atoms with E-state index in [1.165, 1.54) is 0 Å². The zero-order valence-electron chi connectivity index (χ0n) is 11.9. The number of esters is 1. The Kier molecular flexibility index (Phi) is 5.07. The second-order valence-corrected chi connectivity index (χ2v) is 6.39. The summed E-state index contributed by atoms with van der Waals surface area (Å²) in [6, 6.07) is 15.6. The van der Waals surface area contributed by atoms with Crippen molar-refractivity contribution in [3.63, 3.8) is 0 Å². The molecule has 0 aliphatic carbocycles. The number of alkyl halides is 1. The van der Waals surface area contributed by atoms with Gasteiger partial charge in [-0.25, -0.2) is 4.79 Å². The molecule has 0 heterocycles. The topological polar surface area (TPSA) is 26.3 Å². The van der Waals surface area contributed by atoms with Crippen LogP contribution in [0.25, 0.3) is 11.1 Å². The van der Waals surface area contributed by atoms with E-state index in [4.69, 9.17) is 16.3 Å². The van der Waals surface area contributed by atoms with Crippen molar-refractivity contribution in [1.29, 1.82) is 0 Å². The van der Waals surface area contributed by atoms with E-state index in [2.05, 4.69) is 15.9 Å². The molecule has 0 saturated carbocycles. The molecule has 2 aromatic carbocycles. The molecule has 0 radical (unpaired) electrons. The van der Waals surface area contributed by atoms with Gasteiger partial charge in [-0.05, 0) is 36.6 Å². The molecule has 0 fully saturated rings. The number of benzene rings is 2. The van der Waals surface area contributed by atoms with Gasteiger partial charge < -0.3 is 4.74 Å². The molecule has 0 bridgehead atoms. The molecular weight excluding hydrogens is 352 g/mol. The van der Waals surface area contributed by atoms with E-state index in [0.29, 0.717) is 6.61 Å². The van der Waals surface area contributed by atoms with Crippen LogP contribution in [0, 0.1) is 0 Å². The van der Waals surface area contributed by atoms with Gasteiger partial charge in [0.05, 0.1) is 6.61 Å². The van der Waals surface area contributed by atoms with Gasteiger partial charge in [-0.15, -0.1) is 11.6 Å². The van der Waals surface area contributed by atoms with Crippen molar-refractivity contribution in [2.24, 2.45) is 0 Å². The average molecular weight is 368 g/mol. The molecule has 1 atom stereocenters. The van der Waals surface area contributed by atoms with Crippen molar-refractivity contribution in [3.05, 3.63) is 58.6 Å². The van der Waals surface area contributed by atoms with Crippen LogP contribution in [0.15, 0.2) is 53.0 Å². The van der Waals surface area contributed by atoms with E-state index in [-0.39, 0.29) is 0 Å². The van der Waals surface area contributed by atoms with Gasteiger partial charge in [-0.1, -0.05) is 58.4 Å². The largest absolute Gasteiger partial charge is 0.464 e. The molecule has 4 heteroatoms. The van der Waals surface area contributed by atoms with Crippen LogP contribution in [0.4, 0.5) is 0 Å². The summed E-state index contributed by atoms with van der Waals surface area (Å²) < 4.78 is 6.04. The first-order valence-corrected chi connectivity index (χ1v) is 7.85. The van der Waals surface area contributed by atoms with E-state index in [1.807, 2.05) is 48.5 Å². The molecule has 0 amide bonds. The number of halogens is 2. The number of hydrogen-bond acceptors (Lipinski definition) is 2. The Morgan fingerprint density at radius 2 is 1.81 bits per heavy atom. The number of rotatable bonds is 4. The van der Waals surface area contributed by atoms with E-state index < -0.39 is 10.8 Å². The Balaban J connectivity index is 2.31. The molecule has 0 aliphatic rings. The molecule has 1 unspecified atom stereocenters. The lowest BCUT2D eigenvalue weighted by molar-refractivity contribution is -0.146. The van der Waals surface area contributed by atoms with E-state index in [9.17, 15) is 4.79 Å². The van der Waals surface area contributed by atoms with Crippen LogP contribution in [-0.4, -0.2) is 12.6 Å². The molecule has 0 spiro atoms. The lowest BCUT2D eigenvalue weighted by atomic mass is 9.97. The van der Waals surface area contributed by atoms with Gasteiger partial charge in [0.15, 0.2) is 4.87 Å². The maximum Gasteiger partial charge on any atom is 0.331 e. The Labute approximate surface area is 138 Å². The molecule has 2 rings (SSSR count). The summed E-state index contributed by atoms with van der Waals surface area (Å²) in [5.41, 5.74) is 2.87. The van der Waals surface area contributed by atoms with Crippen LogP contribution in [0.5, 0.6) is 0 Å². The van der Waals surface area contributed by atoms with Crippen molar-refractivity contribution in [2.75, 3.05) is 6.61 Å². The van der Waals surface area contributed by atoms with Crippen molar-refractivity contribution in [1.82, 2.24) is 0 Å². The maximum absolute atomic E-state index is 11.9. The Bertz CT molecular complexity index is 635. The van der Waals surface area contributed by atoms with Crippen LogP contribution in [0.3, 0.4) is 0 Å². The zero-order valence-corrected chi connectivity index (χ0v) is 14.2. The van der Waals surface area contributed by atoms with Crippen LogP contribution in [0.2, 0.25) is 0 Å². The first-order valence-electron chi connectivity index (χ1n) is 6.68. The first-order chi connectivity index (χ1) is 9.96. The molecular formula is C17H16BrClO2. The SMILES string of the molecule is CCOC(=O)C(C)(Cl)c1ccc(-c2ccccc2Br)cc1. The zero-order chi connectivity index (χ0) is 15.5. The van der Waals surface area contributed by atoms with Crippen LogP contribution < -0.4 is 0 Å². The van der Waals surface area contributed by atoms with Crippen LogP contribution in [-0.2, 0) is 14.4 Å². The third-order valence-corrected chi connectivity index (χ3v) is 4.33. The minimum absolute atomic E-state index is 0.316. The molecule has 0 saturated heterocycles. The van der Waals surface area contributed by atoms with Gasteiger partial charge in [-0.2, -0.15) is 0 Å². The fourth-order valence-electron chi connectivity index (χ4n) is 2.04. The van der Waals surface area contributed by atoms with Gasteiger partial charge in [0.1, 0.15) is 0 Å². The summed E-state index contributed by atoms with van der Waals surface area (Å²) in [5.74, 6) is -0.430. The van der Waals surface area contributed by atoms with Crippen LogP contribution >= 0.6 is 27.5 Å². The number of hydrogen-bond donors (Lipinski definition) is 0. The number of carbonyl (C=O) groups is 1. The summed E-state index contributed by atoms with van der Waals surface area (Å²) in [6.07, 6.45) is 0. The maximum atomic E-state index is 11.9. The highest BCUT2D eigenvalue weighted by Crippen LogP contribution is 2.33. The number of carbonyl (C=O) groups excluding carboxylic acids is 1. The van der Waals surface area contributed by atoms with Gasteiger partial charge in [0.2, 0.25) is 0 Å². The minimum Gasteiger partial charge on any atom is -0.464 e. The van der Waals surface area contributed by atoms with Gasteiger partial charge in [0, 0.05) is 4.47 Å². The third kappa shape index (κ3) is 3.47. The Morgan fingerprint density at radius 1 is 1.19 bits per heavy atom. The minimum atomic E-state index is -1.16. The lowest BCUT2D eigenvalue weighted by Crippen LogP contribution is -2.28. The van der Waals surface area contributed by atoms with Gasteiger partial charge >= 0.3 is 5.97 Å². The van der Waals surface area contributed by atoms with Crippen molar-refractivity contribution in [2.45, 2.75) is 18.7 Å². The molecule has 2 nitrogen and oxygen atoms in total. The fraction of sp³-hybridized carbons (Fsp3) is 0.235. The molecule has 110 valence electrons. The quantitative estimate of drug-likeness (QED) is 0.553. The summed E-state index contributed by atoms with van der Waals surface area (Å²) in [6.45, 7) is 3.73. The second kappa shape index (κ2) is 6.63. The highest BCUT2D eigenvalue weighted by Gasteiger charge is 2.34. The Morgan fingerprint density at radius 3 is 2.38 bits per heavy atom. The third-order valence-electron chi connectivity index (χ3n) is 3.27. The molecule has 2 aromatic rings. The summed E-state index contributed by atoms with van der Waals surface area (Å²) in [5, 5.41) is 0. The summed E-state index contributed by atoms with van der Waals surface area (Å²) in [4.78, 5) is 10.7. The Hall–Kier alpha value is -1.32. The highest BCUT2D eigenvalue weighted by molar-refractivity contribution is 9.10. The van der Waals surface area contributed by atoms with Crippen LogP contribution in [0.1, 0.15) is 19.4 Å². The number of ether oxygens (including phenoxy) is 1. The average Bonchev–Trinajstić information content (AvgIpc) is 2.48. The molecule has 21 heavy (non-hydrogen) atoms. The van der Waals surface area contributed by atoms with Crippen molar-refractivity contribution < 1.29 is 9.53 Å². The normalized spacial score (nSPS) is 13.5. The summed E-state index contributed by atoms with van der Waals surface area (Å²) >= 11 is 9.87. The lowest BCUT2D eigenvalue weighted by Gasteiger charge is -2.20. The smallest absolute Gasteiger partial charge is 0.331 e. The van der Waals surface area contributed by atoms with E-state index in [1.54, 1.807) is 13.8 Å².